The van der Waals surface area contributed by atoms with E-state index in [1.54, 1.807) is 24.4 Å². The number of nitrogens with one attached hydrogen (secondary N) is 1. The summed E-state index contributed by atoms with van der Waals surface area (Å²) in [7, 11) is 0. The van der Waals surface area contributed by atoms with Gasteiger partial charge in [-0.05, 0) is 42.0 Å². The molecule has 0 radical (unpaired) electrons. The molecule has 21 heavy (non-hydrogen) atoms. The Morgan fingerprint density at radius 2 is 2.10 bits per heavy atom. The van der Waals surface area contributed by atoms with Crippen molar-refractivity contribution in [2.45, 2.75) is 6.54 Å². The van der Waals surface area contributed by atoms with Gasteiger partial charge in [0.15, 0.2) is 0 Å². The first kappa shape index (κ1) is 14.6. The number of hydrogen-bond donors (Lipinski definition) is 1. The molecular weight excluding hydrogens is 260 g/mol. The number of anilines is 1. The molecule has 3 heteroatoms. The zero-order chi connectivity index (χ0) is 14.9. The number of allylic oxidation sites excluding steroid dienone is 3. The number of benzene rings is 1. The molecule has 2 aromatic rings. The lowest BCUT2D eigenvalue weighted by Gasteiger charge is -2.09. The van der Waals surface area contributed by atoms with Gasteiger partial charge < -0.3 is 10.1 Å². The van der Waals surface area contributed by atoms with Crippen molar-refractivity contribution in [1.29, 1.82) is 0 Å². The van der Waals surface area contributed by atoms with Crippen molar-refractivity contribution in [2.75, 3.05) is 5.32 Å². The maximum absolute atomic E-state index is 5.73. The third kappa shape index (κ3) is 4.66. The lowest BCUT2D eigenvalue weighted by Crippen LogP contribution is -2.01. The van der Waals surface area contributed by atoms with Gasteiger partial charge in [0.2, 0.25) is 0 Å². The Morgan fingerprint density at radius 1 is 1.19 bits per heavy atom. The average Bonchev–Trinajstić information content (AvgIpc) is 2.54. The van der Waals surface area contributed by atoms with Crippen LogP contribution in [0.2, 0.25) is 0 Å². The minimum Gasteiger partial charge on any atom is -0.457 e. The Hall–Kier alpha value is -2.81. The van der Waals surface area contributed by atoms with Crippen molar-refractivity contribution in [2.24, 2.45) is 0 Å². The van der Waals surface area contributed by atoms with E-state index in [2.05, 4.69) is 23.5 Å². The van der Waals surface area contributed by atoms with Crippen molar-refractivity contribution in [3.63, 3.8) is 0 Å². The third-order valence-electron chi connectivity index (χ3n) is 2.76. The minimum atomic E-state index is 0.667. The molecule has 0 aliphatic rings. The van der Waals surface area contributed by atoms with Gasteiger partial charge in [-0.3, -0.25) is 0 Å². The van der Waals surface area contributed by atoms with Crippen LogP contribution >= 0.6 is 0 Å². The van der Waals surface area contributed by atoms with Gasteiger partial charge in [-0.2, -0.15) is 0 Å². The Kier molecular flexibility index (Phi) is 5.35. The molecule has 0 fully saturated rings. The molecule has 3 nitrogen and oxygen atoms in total. The first-order valence-corrected chi connectivity index (χ1v) is 6.68. The minimum absolute atomic E-state index is 0.667. The largest absolute Gasteiger partial charge is 0.457 e. The Balaban J connectivity index is 2.02. The first-order chi connectivity index (χ1) is 10.3. The Bertz CT molecular complexity index is 633. The molecule has 0 unspecified atom stereocenters. The molecule has 0 amide bonds. The number of rotatable bonds is 7. The van der Waals surface area contributed by atoms with E-state index in [0.29, 0.717) is 12.3 Å². The quantitative estimate of drug-likeness (QED) is 0.604. The second-order valence-corrected chi connectivity index (χ2v) is 4.33. The van der Waals surface area contributed by atoms with E-state index in [1.165, 1.54) is 0 Å². The van der Waals surface area contributed by atoms with E-state index in [-0.39, 0.29) is 0 Å². The molecule has 1 heterocycles. The number of hydrogen-bond acceptors (Lipinski definition) is 3. The van der Waals surface area contributed by atoms with Crippen LogP contribution in [0.5, 0.6) is 5.75 Å². The summed E-state index contributed by atoms with van der Waals surface area (Å²) in [6, 6.07) is 13.7. The fourth-order valence-electron chi connectivity index (χ4n) is 1.77. The topological polar surface area (TPSA) is 34.1 Å². The van der Waals surface area contributed by atoms with E-state index in [9.17, 15) is 0 Å². The zero-order valence-corrected chi connectivity index (χ0v) is 11.8. The normalized spacial score (nSPS) is 10.8. The molecule has 0 atom stereocenters. The highest BCUT2D eigenvalue weighted by molar-refractivity contribution is 5.37. The Labute approximate surface area is 125 Å². The van der Waals surface area contributed by atoms with Gasteiger partial charge in [-0.15, -0.1) is 0 Å². The molecule has 0 aliphatic carbocycles. The fourth-order valence-corrected chi connectivity index (χ4v) is 1.77. The van der Waals surface area contributed by atoms with Crippen LogP contribution < -0.4 is 10.1 Å². The number of aromatic nitrogens is 1. The lowest BCUT2D eigenvalue weighted by molar-refractivity contribution is 0.444. The molecule has 106 valence electrons. The summed E-state index contributed by atoms with van der Waals surface area (Å²) in [5, 5.41) is 3.26. The van der Waals surface area contributed by atoms with Gasteiger partial charge in [0.05, 0.1) is 0 Å². The van der Waals surface area contributed by atoms with E-state index in [1.807, 2.05) is 42.5 Å². The van der Waals surface area contributed by atoms with Crippen LogP contribution in [0.3, 0.4) is 0 Å². The summed E-state index contributed by atoms with van der Waals surface area (Å²) in [4.78, 5) is 4.23. The van der Waals surface area contributed by atoms with Crippen LogP contribution in [-0.2, 0) is 6.54 Å². The maximum Gasteiger partial charge on any atom is 0.127 e. The average molecular weight is 278 g/mol. The molecule has 0 saturated heterocycles. The second kappa shape index (κ2) is 7.70. The lowest BCUT2D eigenvalue weighted by atomic mass is 10.2. The molecule has 1 aromatic heterocycles. The molecule has 0 aliphatic heterocycles. The van der Waals surface area contributed by atoms with Gasteiger partial charge in [-0.25, -0.2) is 4.98 Å². The molecule has 0 bridgehead atoms. The number of nitrogens with zero attached hydrogens (tertiary/aromatic N) is 1. The van der Waals surface area contributed by atoms with Gasteiger partial charge >= 0.3 is 0 Å². The van der Waals surface area contributed by atoms with Gasteiger partial charge in [0.25, 0.3) is 0 Å². The molecular formula is C18H18N2O. The Morgan fingerprint density at radius 3 is 2.81 bits per heavy atom. The van der Waals surface area contributed by atoms with Crippen LogP contribution in [0.1, 0.15) is 5.56 Å². The zero-order valence-electron chi connectivity index (χ0n) is 11.8. The van der Waals surface area contributed by atoms with Gasteiger partial charge in [0, 0.05) is 12.7 Å². The predicted molar refractivity (Wildman–Crippen MR) is 87.1 cm³/mol. The van der Waals surface area contributed by atoms with Crippen molar-refractivity contribution in [1.82, 2.24) is 4.98 Å². The standard InChI is InChI=1S/C18H18N2O/c1-3-8-16(4-2)21-17-10-7-9-15(13-17)14-20-18-11-5-6-12-19-18/h3-13H,1-2,14H2,(H,19,20)/b16-8+. The molecule has 1 N–H and O–H groups in total. The van der Waals surface area contributed by atoms with Crippen LogP contribution in [0, 0.1) is 0 Å². The van der Waals surface area contributed by atoms with E-state index in [0.717, 1.165) is 17.1 Å². The number of ether oxygens (including phenoxy) is 1. The second-order valence-electron chi connectivity index (χ2n) is 4.33. The maximum atomic E-state index is 5.73. The SMILES string of the molecule is C=C/C=C(\C=C)Oc1cccc(CNc2ccccn2)c1. The molecule has 1 aromatic carbocycles. The van der Waals surface area contributed by atoms with Crippen molar-refractivity contribution in [3.05, 3.63) is 91.4 Å². The summed E-state index contributed by atoms with van der Waals surface area (Å²) in [6.07, 6.45) is 6.86. The van der Waals surface area contributed by atoms with E-state index < -0.39 is 0 Å². The molecule has 2 rings (SSSR count). The predicted octanol–water partition coefficient (Wildman–Crippen LogP) is 4.33. The molecule has 0 spiro atoms. The van der Waals surface area contributed by atoms with Crippen molar-refractivity contribution in [3.8, 4) is 5.75 Å². The van der Waals surface area contributed by atoms with Crippen molar-refractivity contribution >= 4 is 5.82 Å². The van der Waals surface area contributed by atoms with Crippen LogP contribution in [0.25, 0.3) is 0 Å². The number of pyridine rings is 1. The highest BCUT2D eigenvalue weighted by atomic mass is 16.5. The third-order valence-corrected chi connectivity index (χ3v) is 2.76. The van der Waals surface area contributed by atoms with Crippen molar-refractivity contribution < 1.29 is 4.74 Å². The summed E-state index contributed by atoms with van der Waals surface area (Å²) in [6.45, 7) is 8.05. The fraction of sp³-hybridized carbons (Fsp3) is 0.0556. The van der Waals surface area contributed by atoms with E-state index >= 15 is 0 Å². The highest BCUT2D eigenvalue weighted by Gasteiger charge is 1.99. The summed E-state index contributed by atoms with van der Waals surface area (Å²) >= 11 is 0. The monoisotopic (exact) mass is 278 g/mol. The molecule has 0 saturated carbocycles. The summed E-state index contributed by atoms with van der Waals surface area (Å²) < 4.78 is 5.73. The van der Waals surface area contributed by atoms with Crippen LogP contribution in [-0.4, -0.2) is 4.98 Å². The summed E-state index contributed by atoms with van der Waals surface area (Å²) in [5.74, 6) is 2.28. The van der Waals surface area contributed by atoms with Gasteiger partial charge in [-0.1, -0.05) is 37.4 Å². The van der Waals surface area contributed by atoms with Crippen LogP contribution in [0.15, 0.2) is 85.8 Å². The highest BCUT2D eigenvalue weighted by Crippen LogP contribution is 2.17. The first-order valence-electron chi connectivity index (χ1n) is 6.68. The summed E-state index contributed by atoms with van der Waals surface area (Å²) in [5.41, 5.74) is 1.11. The van der Waals surface area contributed by atoms with Gasteiger partial charge in [0.1, 0.15) is 17.3 Å². The van der Waals surface area contributed by atoms with Crippen LogP contribution in [0.4, 0.5) is 5.82 Å². The van der Waals surface area contributed by atoms with E-state index in [4.69, 9.17) is 4.74 Å². The smallest absolute Gasteiger partial charge is 0.127 e.